The van der Waals surface area contributed by atoms with Gasteiger partial charge in [0.1, 0.15) is 0 Å². The lowest BCUT2D eigenvalue weighted by molar-refractivity contribution is -0.187. The van der Waals surface area contributed by atoms with Gasteiger partial charge >= 0.3 is 0 Å². The summed E-state index contributed by atoms with van der Waals surface area (Å²) in [5.41, 5.74) is -1.20. The number of aldehydes is 1. The molecule has 1 heterocycles. The average Bonchev–Trinajstić information content (AvgIpc) is 3.18. The van der Waals surface area contributed by atoms with Crippen LogP contribution in [0.25, 0.3) is 0 Å². The van der Waals surface area contributed by atoms with Gasteiger partial charge in [-0.2, -0.15) is 0 Å². The minimum Gasteiger partial charge on any atom is -0.410 e. The molecule has 5 nitrogen and oxygen atoms in total. The van der Waals surface area contributed by atoms with Crippen LogP contribution >= 0.6 is 0 Å². The van der Waals surface area contributed by atoms with Gasteiger partial charge < -0.3 is 18.3 Å². The van der Waals surface area contributed by atoms with Crippen LogP contribution in [0.15, 0.2) is 60.7 Å². The normalized spacial score (nSPS) is 21.9. The Morgan fingerprint density at radius 2 is 1.38 bits per heavy atom. The largest absolute Gasteiger partial charge is 0.410 e. The van der Waals surface area contributed by atoms with Gasteiger partial charge in [-0.25, -0.2) is 0 Å². The molecule has 3 atom stereocenters. The number of ether oxygens (including phenoxy) is 2. The molecule has 0 aromatic heterocycles. The summed E-state index contributed by atoms with van der Waals surface area (Å²) >= 11 is 0. The van der Waals surface area contributed by atoms with Gasteiger partial charge in [0.25, 0.3) is 8.32 Å². The fourth-order valence-electron chi connectivity index (χ4n) is 5.37. The monoisotopic (exact) mass is 570 g/mol. The Labute approximate surface area is 238 Å². The van der Waals surface area contributed by atoms with Gasteiger partial charge in [-0.05, 0) is 47.4 Å². The molecule has 3 rings (SSSR count). The molecule has 0 radical (unpaired) electrons. The highest BCUT2D eigenvalue weighted by molar-refractivity contribution is 6.99. The molecule has 2 aromatic rings. The van der Waals surface area contributed by atoms with Gasteiger partial charge in [0.15, 0.2) is 26.0 Å². The van der Waals surface area contributed by atoms with Crippen LogP contribution in [-0.4, -0.2) is 53.6 Å². The summed E-state index contributed by atoms with van der Waals surface area (Å²) in [5.74, 6) is -1.00. The molecule has 1 saturated heterocycles. The summed E-state index contributed by atoms with van der Waals surface area (Å²) in [4.78, 5) is 12.8. The molecule has 1 aliphatic heterocycles. The van der Waals surface area contributed by atoms with Crippen molar-refractivity contribution in [1.82, 2.24) is 0 Å². The third-order valence-electron chi connectivity index (χ3n) is 8.49. The Morgan fingerprint density at radius 3 is 1.74 bits per heavy atom. The van der Waals surface area contributed by atoms with E-state index in [9.17, 15) is 4.79 Å². The summed E-state index contributed by atoms with van der Waals surface area (Å²) in [6.45, 7) is 24.3. The Morgan fingerprint density at radius 1 is 0.897 bits per heavy atom. The van der Waals surface area contributed by atoms with Crippen molar-refractivity contribution in [2.45, 2.75) is 103 Å². The van der Waals surface area contributed by atoms with E-state index in [2.05, 4.69) is 122 Å². The third-order valence-corrected chi connectivity index (χ3v) is 17.9. The van der Waals surface area contributed by atoms with Gasteiger partial charge in [-0.3, -0.25) is 4.79 Å². The predicted octanol–water partition coefficient (Wildman–Crippen LogP) is 6.31. The topological polar surface area (TPSA) is 54.0 Å². The average molecular weight is 571 g/mol. The summed E-state index contributed by atoms with van der Waals surface area (Å²) in [7, 11) is -5.05. The number of carbonyl (C=O) groups excluding carboxylic acids is 1. The molecule has 0 saturated carbocycles. The first kappa shape index (κ1) is 31.9. The zero-order valence-corrected chi connectivity index (χ0v) is 28.0. The maximum Gasteiger partial charge on any atom is 0.261 e. The quantitative estimate of drug-likeness (QED) is 0.248. The zero-order chi connectivity index (χ0) is 29.3. The van der Waals surface area contributed by atoms with Crippen LogP contribution in [0.3, 0.4) is 0 Å². The van der Waals surface area contributed by atoms with E-state index < -0.39 is 34.1 Å². The highest BCUT2D eigenvalue weighted by Gasteiger charge is 2.57. The molecule has 1 aliphatic rings. The van der Waals surface area contributed by atoms with Crippen molar-refractivity contribution in [2.75, 3.05) is 13.2 Å². The van der Waals surface area contributed by atoms with Gasteiger partial charge in [0, 0.05) is 12.5 Å². The summed E-state index contributed by atoms with van der Waals surface area (Å²) in [5, 5.41) is 2.26. The zero-order valence-electron chi connectivity index (χ0n) is 26.0. The van der Waals surface area contributed by atoms with Crippen molar-refractivity contribution in [3.63, 3.8) is 0 Å². The molecule has 0 spiro atoms. The first-order valence-corrected chi connectivity index (χ1v) is 19.0. The standard InChI is InChI=1S/C32H50O5Si2/c1-25(28(36-38(10,11)29(2,3)4)32(23-33)24-34-31(8,9)37-32)22-35-39(30(5,6)7,26-18-14-12-15-19-26)27-20-16-13-17-21-27/h12-21,23,25,28H,22,24H2,1-11H3/t25-,28+,32-/m1/s1. The smallest absolute Gasteiger partial charge is 0.261 e. The molecule has 2 aromatic carbocycles. The molecule has 39 heavy (non-hydrogen) atoms. The second kappa shape index (κ2) is 11.3. The van der Waals surface area contributed by atoms with Gasteiger partial charge in [-0.15, -0.1) is 0 Å². The van der Waals surface area contributed by atoms with Crippen molar-refractivity contribution < 1.29 is 23.1 Å². The lowest BCUT2D eigenvalue weighted by Crippen LogP contribution is -2.67. The molecular formula is C32H50O5Si2. The Kier molecular flexibility index (Phi) is 9.28. The molecule has 0 bridgehead atoms. The molecule has 1 fully saturated rings. The summed E-state index contributed by atoms with van der Waals surface area (Å²) in [6.07, 6.45) is 0.384. The molecule has 0 N–H and O–H groups in total. The summed E-state index contributed by atoms with van der Waals surface area (Å²) < 4.78 is 26.6. The van der Waals surface area contributed by atoms with Crippen LogP contribution < -0.4 is 10.4 Å². The Balaban J connectivity index is 2.08. The van der Waals surface area contributed by atoms with Crippen LogP contribution in [0.1, 0.15) is 62.3 Å². The molecule has 0 amide bonds. The van der Waals surface area contributed by atoms with Crippen LogP contribution in [0, 0.1) is 5.92 Å². The molecule has 216 valence electrons. The number of hydrogen-bond acceptors (Lipinski definition) is 5. The molecule has 0 aliphatic carbocycles. The second-order valence-corrected chi connectivity index (χ2v) is 23.2. The van der Waals surface area contributed by atoms with Gasteiger partial charge in [0.2, 0.25) is 0 Å². The highest BCUT2D eigenvalue weighted by Crippen LogP contribution is 2.44. The van der Waals surface area contributed by atoms with E-state index in [4.69, 9.17) is 18.3 Å². The van der Waals surface area contributed by atoms with E-state index in [0.29, 0.717) is 6.61 Å². The van der Waals surface area contributed by atoms with E-state index in [-0.39, 0.29) is 22.6 Å². The van der Waals surface area contributed by atoms with E-state index >= 15 is 0 Å². The van der Waals surface area contributed by atoms with Crippen LogP contribution in [0.4, 0.5) is 0 Å². The molecule has 7 heteroatoms. The maximum atomic E-state index is 12.8. The number of hydrogen-bond donors (Lipinski definition) is 0. The first-order valence-electron chi connectivity index (χ1n) is 14.1. The lowest BCUT2D eigenvalue weighted by Gasteiger charge is -2.47. The van der Waals surface area contributed by atoms with Gasteiger partial charge in [0.05, 0.1) is 12.7 Å². The predicted molar refractivity (Wildman–Crippen MR) is 165 cm³/mol. The number of carbonyl (C=O) groups is 1. The van der Waals surface area contributed by atoms with E-state index in [1.54, 1.807) is 0 Å². The number of rotatable bonds is 10. The van der Waals surface area contributed by atoms with Gasteiger partial charge in [-0.1, -0.05) is 109 Å². The second-order valence-electron chi connectivity index (χ2n) is 14.1. The highest BCUT2D eigenvalue weighted by atomic mass is 28.4. The van der Waals surface area contributed by atoms with E-state index in [0.717, 1.165) is 6.29 Å². The number of benzene rings is 2. The molecular weight excluding hydrogens is 521 g/mol. The minimum atomic E-state index is -2.76. The minimum absolute atomic E-state index is 0.0388. The fraction of sp³-hybridized carbons (Fsp3) is 0.594. The van der Waals surface area contributed by atoms with Crippen LogP contribution in [0.2, 0.25) is 23.2 Å². The maximum absolute atomic E-state index is 12.8. The Bertz CT molecular complexity index is 1050. The van der Waals surface area contributed by atoms with Crippen LogP contribution in [-0.2, 0) is 23.1 Å². The van der Waals surface area contributed by atoms with Crippen molar-refractivity contribution in [1.29, 1.82) is 0 Å². The van der Waals surface area contributed by atoms with Crippen molar-refractivity contribution >= 4 is 33.3 Å². The SMILES string of the molecule is C[C@H](CO[Si](c1ccccc1)(c1ccccc1)C(C)(C)C)[C@H](O[Si](C)(C)C(C)(C)C)[C@@]1(C=O)COC(C)(C)O1. The molecule has 0 unspecified atom stereocenters. The van der Waals surface area contributed by atoms with E-state index in [1.165, 1.54) is 10.4 Å². The lowest BCUT2D eigenvalue weighted by atomic mass is 9.90. The van der Waals surface area contributed by atoms with Crippen molar-refractivity contribution in [3.05, 3.63) is 60.7 Å². The van der Waals surface area contributed by atoms with E-state index in [1.807, 2.05) is 13.8 Å². The van der Waals surface area contributed by atoms with Crippen molar-refractivity contribution in [3.8, 4) is 0 Å². The van der Waals surface area contributed by atoms with Crippen molar-refractivity contribution in [2.24, 2.45) is 5.92 Å². The summed E-state index contributed by atoms with van der Waals surface area (Å²) in [6, 6.07) is 21.3. The first-order chi connectivity index (χ1) is 17.9. The third kappa shape index (κ3) is 6.49. The van der Waals surface area contributed by atoms with Crippen LogP contribution in [0.5, 0.6) is 0 Å². The Hall–Kier alpha value is -1.62. The fourth-order valence-corrected chi connectivity index (χ4v) is 11.5.